The Balaban J connectivity index is 2.56. The van der Waals surface area contributed by atoms with Gasteiger partial charge in [0.25, 0.3) is 5.12 Å². The van der Waals surface area contributed by atoms with E-state index >= 15 is 0 Å². The van der Waals surface area contributed by atoms with Gasteiger partial charge in [-0.1, -0.05) is 46.3 Å². The van der Waals surface area contributed by atoms with Gasteiger partial charge in [-0.15, -0.1) is 0 Å². The number of nitrogens with zero attached hydrogens (tertiary/aromatic N) is 2. The molecule has 1 fully saturated rings. The number of hydrogen-bond donors (Lipinski definition) is 1. The van der Waals surface area contributed by atoms with E-state index in [-0.39, 0.29) is 12.2 Å². The number of unbranched alkanes of at least 4 members (excludes halogenated alkanes) is 1. The third kappa shape index (κ3) is 5.36. The molecular weight excluding hydrogens is 462 g/mol. The molecule has 0 aromatic heterocycles. The van der Waals surface area contributed by atoms with Crippen LogP contribution in [0, 0.1) is 0 Å². The van der Waals surface area contributed by atoms with Crippen LogP contribution in [0.2, 0.25) is 0 Å². The van der Waals surface area contributed by atoms with Crippen LogP contribution in [0.15, 0.2) is 30.3 Å². The molecule has 0 radical (unpaired) electrons. The summed E-state index contributed by atoms with van der Waals surface area (Å²) in [5.41, 5.74) is -0.985. The van der Waals surface area contributed by atoms with Gasteiger partial charge in [-0.2, -0.15) is 5.90 Å². The van der Waals surface area contributed by atoms with E-state index in [0.29, 0.717) is 31.3 Å². The summed E-state index contributed by atoms with van der Waals surface area (Å²) in [7, 11) is -2.76. The molecule has 10 heteroatoms. The molecule has 1 aliphatic heterocycles. The van der Waals surface area contributed by atoms with E-state index in [9.17, 15) is 18.0 Å². The minimum atomic E-state index is -4.13. The molecule has 1 aromatic rings. The first-order valence-electron chi connectivity index (χ1n) is 9.56. The van der Waals surface area contributed by atoms with E-state index in [1.165, 1.54) is 7.05 Å². The maximum atomic E-state index is 13.6. The molecule has 0 bridgehead atoms. The number of alkyl halides is 1. The van der Waals surface area contributed by atoms with Gasteiger partial charge in [0, 0.05) is 31.9 Å². The Hall–Kier alpha value is -1.49. The number of amides is 1. The molecular formula is C19H28BrN3O5S. The normalized spacial score (nSPS) is 16.9. The summed E-state index contributed by atoms with van der Waals surface area (Å²) >= 11 is 3.27. The van der Waals surface area contributed by atoms with Crippen molar-refractivity contribution in [3.8, 4) is 0 Å². The van der Waals surface area contributed by atoms with E-state index in [0.717, 1.165) is 23.3 Å². The maximum Gasteiger partial charge on any atom is 0.430 e. The molecule has 1 aliphatic rings. The number of likely N-dealkylation sites (N-methyl/N-ethyl adjacent to an activating group) is 1. The lowest BCUT2D eigenvalue weighted by atomic mass is 9.97. The summed E-state index contributed by atoms with van der Waals surface area (Å²) in [6.45, 7) is 0.995. The molecule has 1 atom stereocenters. The lowest BCUT2D eigenvalue weighted by molar-refractivity contribution is -0.133. The number of carbonyl (C=O) groups is 2. The van der Waals surface area contributed by atoms with E-state index in [4.69, 9.17) is 5.90 Å². The van der Waals surface area contributed by atoms with Crippen molar-refractivity contribution in [3.05, 3.63) is 35.9 Å². The number of nitrogens with two attached hydrogens (primary N) is 1. The molecule has 0 saturated carbocycles. The Morgan fingerprint density at radius 2 is 1.83 bits per heavy atom. The van der Waals surface area contributed by atoms with Gasteiger partial charge < -0.3 is 4.84 Å². The van der Waals surface area contributed by atoms with Crippen LogP contribution in [0.5, 0.6) is 0 Å². The van der Waals surface area contributed by atoms with Crippen LogP contribution in [0.3, 0.4) is 0 Å². The SMILES string of the molecule is CN(C(=O)ON)C(Cc1ccccc1)(C(=O)S(=O)(=O)CCCCBr)N1CCCC1. The van der Waals surface area contributed by atoms with Crippen molar-refractivity contribution in [1.82, 2.24) is 9.80 Å². The number of benzene rings is 1. The predicted molar refractivity (Wildman–Crippen MR) is 114 cm³/mol. The van der Waals surface area contributed by atoms with E-state index < -0.39 is 26.7 Å². The van der Waals surface area contributed by atoms with Crippen molar-refractivity contribution < 1.29 is 22.8 Å². The monoisotopic (exact) mass is 489 g/mol. The van der Waals surface area contributed by atoms with Gasteiger partial charge in [0.15, 0.2) is 5.66 Å². The van der Waals surface area contributed by atoms with Gasteiger partial charge in [0.05, 0.1) is 5.75 Å². The summed E-state index contributed by atoms with van der Waals surface area (Å²) < 4.78 is 26.0. The lowest BCUT2D eigenvalue weighted by Crippen LogP contribution is -2.68. The van der Waals surface area contributed by atoms with Gasteiger partial charge in [0.1, 0.15) is 0 Å². The largest absolute Gasteiger partial charge is 0.430 e. The molecule has 162 valence electrons. The Kier molecular flexibility index (Phi) is 8.62. The van der Waals surface area contributed by atoms with E-state index in [1.807, 2.05) is 6.07 Å². The van der Waals surface area contributed by atoms with Crippen LogP contribution in [-0.2, 0) is 25.9 Å². The zero-order valence-electron chi connectivity index (χ0n) is 16.5. The minimum Gasteiger partial charge on any atom is -0.357 e. The molecule has 0 aliphatic carbocycles. The van der Waals surface area contributed by atoms with Crippen molar-refractivity contribution in [2.45, 2.75) is 37.8 Å². The van der Waals surface area contributed by atoms with Gasteiger partial charge in [-0.3, -0.25) is 14.6 Å². The summed E-state index contributed by atoms with van der Waals surface area (Å²) in [5.74, 6) is 4.82. The highest BCUT2D eigenvalue weighted by Gasteiger charge is 2.55. The summed E-state index contributed by atoms with van der Waals surface area (Å²) in [5, 5.41) is -0.338. The highest BCUT2D eigenvalue weighted by molar-refractivity contribution is 9.09. The molecule has 1 aromatic carbocycles. The second kappa shape index (κ2) is 10.5. The fourth-order valence-corrected chi connectivity index (χ4v) is 5.71. The first kappa shape index (κ1) is 23.8. The number of likely N-dealkylation sites (tertiary alicyclic amines) is 1. The number of sulfone groups is 1. The van der Waals surface area contributed by atoms with Crippen LogP contribution < -0.4 is 5.90 Å². The van der Waals surface area contributed by atoms with Crippen molar-refractivity contribution >= 4 is 37.0 Å². The van der Waals surface area contributed by atoms with Crippen LogP contribution in [0.4, 0.5) is 4.79 Å². The summed E-state index contributed by atoms with van der Waals surface area (Å²) in [4.78, 5) is 33.2. The van der Waals surface area contributed by atoms with Gasteiger partial charge >= 0.3 is 6.09 Å². The quantitative estimate of drug-likeness (QED) is 0.321. The first-order chi connectivity index (χ1) is 13.8. The molecule has 29 heavy (non-hydrogen) atoms. The van der Waals surface area contributed by atoms with Gasteiger partial charge in [-0.25, -0.2) is 13.2 Å². The Bertz CT molecular complexity index is 799. The second-order valence-electron chi connectivity index (χ2n) is 7.12. The average molecular weight is 490 g/mol. The number of rotatable bonds is 9. The number of carbonyl (C=O) groups excluding carboxylic acids is 2. The molecule has 0 spiro atoms. The smallest absolute Gasteiger partial charge is 0.357 e. The Labute approximate surface area is 180 Å². The molecule has 8 nitrogen and oxygen atoms in total. The standard InChI is InChI=1S/C19H28BrN3O5S/c1-22(18(25)28-21)19(23-12-6-7-13-23,15-16-9-3-2-4-10-16)17(24)29(26,27)14-8-5-11-20/h2-4,9-10H,5-8,11-15,21H2,1H3. The highest BCUT2D eigenvalue weighted by Crippen LogP contribution is 2.32. The first-order valence-corrected chi connectivity index (χ1v) is 12.3. The van der Waals surface area contributed by atoms with Gasteiger partial charge in [-0.05, 0) is 31.2 Å². The third-order valence-electron chi connectivity index (χ3n) is 5.26. The predicted octanol–water partition coefficient (Wildman–Crippen LogP) is 2.08. The zero-order chi connectivity index (χ0) is 21.5. The van der Waals surface area contributed by atoms with Crippen molar-refractivity contribution in [2.24, 2.45) is 5.90 Å². The third-order valence-corrected chi connectivity index (χ3v) is 7.54. The Morgan fingerprint density at radius 1 is 1.21 bits per heavy atom. The van der Waals surface area contributed by atoms with Crippen LogP contribution >= 0.6 is 15.9 Å². The lowest BCUT2D eigenvalue weighted by Gasteiger charge is -2.45. The Morgan fingerprint density at radius 3 is 2.38 bits per heavy atom. The summed E-state index contributed by atoms with van der Waals surface area (Å²) in [6, 6.07) is 9.05. The minimum absolute atomic E-state index is 0.0238. The summed E-state index contributed by atoms with van der Waals surface area (Å²) in [6.07, 6.45) is 1.65. The molecule has 1 unspecified atom stereocenters. The molecule has 1 heterocycles. The second-order valence-corrected chi connectivity index (χ2v) is 9.92. The van der Waals surface area contributed by atoms with E-state index in [1.54, 1.807) is 29.2 Å². The molecule has 2 rings (SSSR count). The van der Waals surface area contributed by atoms with Crippen LogP contribution in [0.1, 0.15) is 31.2 Å². The molecule has 1 saturated heterocycles. The average Bonchev–Trinajstić information content (AvgIpc) is 3.26. The van der Waals surface area contributed by atoms with Gasteiger partial charge in [0.2, 0.25) is 9.84 Å². The van der Waals surface area contributed by atoms with Crippen molar-refractivity contribution in [2.75, 3.05) is 31.2 Å². The van der Waals surface area contributed by atoms with Crippen molar-refractivity contribution in [1.29, 1.82) is 0 Å². The fourth-order valence-electron chi connectivity index (χ4n) is 3.71. The molecule has 2 N–H and O–H groups in total. The number of hydrogen-bond acceptors (Lipinski definition) is 7. The molecule has 1 amide bonds. The highest BCUT2D eigenvalue weighted by atomic mass is 79.9. The van der Waals surface area contributed by atoms with E-state index in [2.05, 4.69) is 20.8 Å². The topological polar surface area (TPSA) is 110 Å². The van der Waals surface area contributed by atoms with Crippen LogP contribution in [0.25, 0.3) is 0 Å². The fraction of sp³-hybridized carbons (Fsp3) is 0.579. The maximum absolute atomic E-state index is 13.6. The number of halogens is 1. The zero-order valence-corrected chi connectivity index (χ0v) is 19.0. The van der Waals surface area contributed by atoms with Crippen LogP contribution in [-0.4, -0.2) is 66.3 Å². The van der Waals surface area contributed by atoms with Crippen molar-refractivity contribution in [3.63, 3.8) is 0 Å².